The van der Waals surface area contributed by atoms with E-state index in [0.29, 0.717) is 16.7 Å². The molecular formula is C13H20Cl2N2O2S. The molecule has 1 fully saturated rings. The molecule has 2 heterocycles. The first-order valence-electron chi connectivity index (χ1n) is 6.56. The van der Waals surface area contributed by atoms with Crippen molar-refractivity contribution in [3.8, 4) is 0 Å². The highest BCUT2D eigenvalue weighted by Crippen LogP contribution is 2.26. The first-order chi connectivity index (χ1) is 9.15. The van der Waals surface area contributed by atoms with Crippen LogP contribution in [0.1, 0.15) is 30.2 Å². The molecule has 1 amide bonds. The zero-order valence-electron chi connectivity index (χ0n) is 11.1. The van der Waals surface area contributed by atoms with Crippen LogP contribution in [-0.4, -0.2) is 30.6 Å². The SMILES string of the molecule is Cl.O=C(CC1CCNCC1)NCC(O)c1ccc(Cl)s1. The number of carbonyl (C=O) groups is 1. The number of thiophene rings is 1. The lowest BCUT2D eigenvalue weighted by molar-refractivity contribution is -0.122. The molecule has 1 aromatic heterocycles. The van der Waals surface area contributed by atoms with Crippen molar-refractivity contribution < 1.29 is 9.90 Å². The standard InChI is InChI=1S/C13H19ClN2O2S.ClH/c14-12-2-1-11(19-12)10(17)8-16-13(18)7-9-3-5-15-6-4-9;/h1-2,9-10,15,17H,3-8H2,(H,16,18);1H. The number of rotatable bonds is 5. The minimum absolute atomic E-state index is 0. The Kier molecular flexibility index (Phi) is 7.84. The van der Waals surface area contributed by atoms with Gasteiger partial charge in [-0.3, -0.25) is 4.79 Å². The molecule has 1 saturated heterocycles. The number of aliphatic hydroxyl groups excluding tert-OH is 1. The van der Waals surface area contributed by atoms with Crippen LogP contribution in [0.25, 0.3) is 0 Å². The molecule has 1 aromatic rings. The van der Waals surface area contributed by atoms with E-state index in [-0.39, 0.29) is 24.9 Å². The first kappa shape index (κ1) is 17.7. The summed E-state index contributed by atoms with van der Waals surface area (Å²) in [6.45, 7) is 2.24. The lowest BCUT2D eigenvalue weighted by Crippen LogP contribution is -2.33. The number of hydrogen-bond donors (Lipinski definition) is 3. The summed E-state index contributed by atoms with van der Waals surface area (Å²) in [6, 6.07) is 3.54. The molecular weight excluding hydrogens is 319 g/mol. The fourth-order valence-electron chi connectivity index (χ4n) is 2.24. The predicted molar refractivity (Wildman–Crippen MR) is 84.8 cm³/mol. The van der Waals surface area contributed by atoms with E-state index >= 15 is 0 Å². The molecule has 2 rings (SSSR count). The summed E-state index contributed by atoms with van der Waals surface area (Å²) in [5.41, 5.74) is 0. The van der Waals surface area contributed by atoms with E-state index < -0.39 is 6.10 Å². The van der Waals surface area contributed by atoms with Crippen LogP contribution in [0.3, 0.4) is 0 Å². The maximum absolute atomic E-state index is 11.8. The molecule has 1 aliphatic heterocycles. The highest BCUT2D eigenvalue weighted by Gasteiger charge is 2.17. The van der Waals surface area contributed by atoms with E-state index in [0.717, 1.165) is 30.8 Å². The van der Waals surface area contributed by atoms with Gasteiger partial charge in [-0.1, -0.05) is 11.6 Å². The van der Waals surface area contributed by atoms with E-state index in [4.69, 9.17) is 11.6 Å². The fraction of sp³-hybridized carbons (Fsp3) is 0.615. The van der Waals surface area contributed by atoms with Crippen molar-refractivity contribution in [1.29, 1.82) is 0 Å². The molecule has 0 aromatic carbocycles. The second kappa shape index (κ2) is 8.85. The van der Waals surface area contributed by atoms with E-state index in [1.165, 1.54) is 11.3 Å². The Balaban J connectivity index is 0.00000200. The predicted octanol–water partition coefficient (Wildman–Crippen LogP) is 2.36. The van der Waals surface area contributed by atoms with E-state index in [2.05, 4.69) is 10.6 Å². The summed E-state index contributed by atoms with van der Waals surface area (Å²) in [7, 11) is 0. The van der Waals surface area contributed by atoms with Crippen LogP contribution in [0.4, 0.5) is 0 Å². The van der Waals surface area contributed by atoms with Crippen LogP contribution in [0.15, 0.2) is 12.1 Å². The van der Waals surface area contributed by atoms with Crippen molar-refractivity contribution in [3.05, 3.63) is 21.3 Å². The van der Waals surface area contributed by atoms with E-state index in [1.54, 1.807) is 12.1 Å². The van der Waals surface area contributed by atoms with Crippen LogP contribution in [0, 0.1) is 5.92 Å². The maximum Gasteiger partial charge on any atom is 0.220 e. The van der Waals surface area contributed by atoms with Crippen molar-refractivity contribution in [1.82, 2.24) is 10.6 Å². The highest BCUT2D eigenvalue weighted by atomic mass is 35.5. The average Bonchev–Trinajstić information content (AvgIpc) is 2.84. The number of piperidine rings is 1. The van der Waals surface area contributed by atoms with Crippen LogP contribution < -0.4 is 10.6 Å². The Bertz CT molecular complexity index is 422. The van der Waals surface area contributed by atoms with Crippen LogP contribution >= 0.6 is 35.3 Å². The van der Waals surface area contributed by atoms with Gasteiger partial charge in [0.2, 0.25) is 5.91 Å². The largest absolute Gasteiger partial charge is 0.386 e. The highest BCUT2D eigenvalue weighted by molar-refractivity contribution is 7.16. The van der Waals surface area contributed by atoms with Gasteiger partial charge in [0.25, 0.3) is 0 Å². The number of halogens is 2. The normalized spacial score (nSPS) is 17.3. The van der Waals surface area contributed by atoms with Gasteiger partial charge in [0.05, 0.1) is 4.34 Å². The Morgan fingerprint density at radius 3 is 2.80 bits per heavy atom. The number of nitrogens with one attached hydrogen (secondary N) is 2. The molecule has 0 spiro atoms. The lowest BCUT2D eigenvalue weighted by Gasteiger charge is -2.22. The minimum Gasteiger partial charge on any atom is -0.386 e. The van der Waals surface area contributed by atoms with Gasteiger partial charge < -0.3 is 15.7 Å². The summed E-state index contributed by atoms with van der Waals surface area (Å²) in [5.74, 6) is 0.489. The van der Waals surface area contributed by atoms with Crippen molar-refractivity contribution in [2.24, 2.45) is 5.92 Å². The molecule has 0 bridgehead atoms. The maximum atomic E-state index is 11.8. The van der Waals surface area contributed by atoms with Gasteiger partial charge in [0.1, 0.15) is 6.10 Å². The van der Waals surface area contributed by atoms with Crippen molar-refractivity contribution >= 4 is 41.3 Å². The monoisotopic (exact) mass is 338 g/mol. The summed E-state index contributed by atoms with van der Waals surface area (Å²) >= 11 is 7.15. The molecule has 20 heavy (non-hydrogen) atoms. The summed E-state index contributed by atoms with van der Waals surface area (Å²) in [4.78, 5) is 12.6. The number of hydrogen-bond acceptors (Lipinski definition) is 4. The molecule has 4 nitrogen and oxygen atoms in total. The zero-order valence-corrected chi connectivity index (χ0v) is 13.5. The molecule has 3 N–H and O–H groups in total. The third kappa shape index (κ3) is 5.58. The smallest absolute Gasteiger partial charge is 0.220 e. The third-order valence-corrected chi connectivity index (χ3v) is 4.68. The van der Waals surface area contributed by atoms with Crippen LogP contribution in [0.2, 0.25) is 4.34 Å². The van der Waals surface area contributed by atoms with Gasteiger partial charge >= 0.3 is 0 Å². The molecule has 0 radical (unpaired) electrons. The third-order valence-electron chi connectivity index (χ3n) is 3.35. The summed E-state index contributed by atoms with van der Waals surface area (Å²) < 4.78 is 0.648. The summed E-state index contributed by atoms with van der Waals surface area (Å²) in [6.07, 6.45) is 1.99. The van der Waals surface area contributed by atoms with Crippen LogP contribution in [-0.2, 0) is 4.79 Å². The second-order valence-electron chi connectivity index (χ2n) is 4.86. The Hall–Kier alpha value is -0.330. The van der Waals surface area contributed by atoms with Crippen LogP contribution in [0.5, 0.6) is 0 Å². The topological polar surface area (TPSA) is 61.4 Å². The van der Waals surface area contributed by atoms with Gasteiger partial charge in [-0.05, 0) is 44.0 Å². The Morgan fingerprint density at radius 1 is 1.50 bits per heavy atom. The van der Waals surface area contributed by atoms with Gasteiger partial charge in [-0.15, -0.1) is 23.7 Å². The van der Waals surface area contributed by atoms with Gasteiger partial charge in [0, 0.05) is 17.8 Å². The van der Waals surface area contributed by atoms with Gasteiger partial charge in [-0.2, -0.15) is 0 Å². The van der Waals surface area contributed by atoms with Crippen molar-refractivity contribution in [2.75, 3.05) is 19.6 Å². The molecule has 0 aliphatic carbocycles. The quantitative estimate of drug-likeness (QED) is 0.772. The molecule has 1 atom stereocenters. The van der Waals surface area contributed by atoms with E-state index in [9.17, 15) is 9.90 Å². The van der Waals surface area contributed by atoms with Crippen molar-refractivity contribution in [3.63, 3.8) is 0 Å². The number of aliphatic hydroxyl groups is 1. The van der Waals surface area contributed by atoms with Gasteiger partial charge in [-0.25, -0.2) is 0 Å². The fourth-order valence-corrected chi connectivity index (χ4v) is 3.29. The molecule has 7 heteroatoms. The molecule has 114 valence electrons. The van der Waals surface area contributed by atoms with Crippen molar-refractivity contribution in [2.45, 2.75) is 25.4 Å². The number of carbonyl (C=O) groups excluding carboxylic acids is 1. The molecule has 1 unspecified atom stereocenters. The number of amides is 1. The Labute approximate surface area is 134 Å². The Morgan fingerprint density at radius 2 is 2.20 bits per heavy atom. The zero-order chi connectivity index (χ0) is 13.7. The first-order valence-corrected chi connectivity index (χ1v) is 7.75. The van der Waals surface area contributed by atoms with Gasteiger partial charge in [0.15, 0.2) is 0 Å². The second-order valence-corrected chi connectivity index (χ2v) is 6.61. The summed E-state index contributed by atoms with van der Waals surface area (Å²) in [5, 5.41) is 16.0. The minimum atomic E-state index is -0.672. The average molecular weight is 339 g/mol. The molecule has 1 aliphatic rings. The lowest BCUT2D eigenvalue weighted by atomic mass is 9.94. The molecule has 0 saturated carbocycles. The van der Waals surface area contributed by atoms with E-state index in [1.807, 2.05) is 0 Å².